The molecule has 0 spiro atoms. The van der Waals surface area contributed by atoms with Crippen molar-refractivity contribution in [1.82, 2.24) is 15.5 Å². The summed E-state index contributed by atoms with van der Waals surface area (Å²) < 4.78 is 13.0. The Kier molecular flexibility index (Phi) is 3.21. The number of piperazine rings is 1. The lowest BCUT2D eigenvalue weighted by molar-refractivity contribution is 0.584. The van der Waals surface area contributed by atoms with Gasteiger partial charge in [0.05, 0.1) is 5.69 Å². The number of halogens is 1. The van der Waals surface area contributed by atoms with Gasteiger partial charge in [0, 0.05) is 37.3 Å². The van der Waals surface area contributed by atoms with Crippen LogP contribution >= 0.6 is 0 Å². The maximum atomic E-state index is 13.0. The van der Waals surface area contributed by atoms with Crippen LogP contribution in [0.1, 0.15) is 5.56 Å². The van der Waals surface area contributed by atoms with E-state index in [1.54, 1.807) is 12.1 Å². The van der Waals surface area contributed by atoms with Crippen molar-refractivity contribution in [3.63, 3.8) is 0 Å². The van der Waals surface area contributed by atoms with Gasteiger partial charge in [-0.15, -0.1) is 0 Å². The van der Waals surface area contributed by atoms with Crippen molar-refractivity contribution in [2.75, 3.05) is 31.1 Å². The first-order chi connectivity index (χ1) is 9.25. The standard InChI is InChI=1S/C14H17FN4/c1-10-13(11-2-4-12(15)5-3-11)17-18-14(10)19-8-6-16-7-9-19/h2-5,16H,6-9H2,1H3,(H,17,18). The second-order valence-corrected chi connectivity index (χ2v) is 4.79. The van der Waals surface area contributed by atoms with Gasteiger partial charge in [-0.1, -0.05) is 0 Å². The Labute approximate surface area is 111 Å². The maximum absolute atomic E-state index is 13.0. The van der Waals surface area contributed by atoms with E-state index < -0.39 is 0 Å². The van der Waals surface area contributed by atoms with E-state index in [0.717, 1.165) is 48.8 Å². The molecule has 1 aliphatic heterocycles. The van der Waals surface area contributed by atoms with E-state index in [4.69, 9.17) is 0 Å². The van der Waals surface area contributed by atoms with Crippen molar-refractivity contribution in [3.05, 3.63) is 35.6 Å². The highest BCUT2D eigenvalue weighted by molar-refractivity contribution is 5.69. The van der Waals surface area contributed by atoms with Crippen LogP contribution in [0.15, 0.2) is 24.3 Å². The van der Waals surface area contributed by atoms with Crippen LogP contribution < -0.4 is 10.2 Å². The highest BCUT2D eigenvalue weighted by Gasteiger charge is 2.18. The molecule has 4 nitrogen and oxygen atoms in total. The number of hydrogen-bond donors (Lipinski definition) is 2. The molecule has 1 aliphatic rings. The maximum Gasteiger partial charge on any atom is 0.154 e. The minimum absolute atomic E-state index is 0.219. The normalized spacial score (nSPS) is 15.8. The number of benzene rings is 1. The van der Waals surface area contributed by atoms with Crippen molar-refractivity contribution in [2.24, 2.45) is 0 Å². The first-order valence-electron chi connectivity index (χ1n) is 6.52. The Bertz CT molecular complexity index is 555. The number of nitrogens with one attached hydrogen (secondary N) is 2. The molecule has 1 aromatic heterocycles. The smallest absolute Gasteiger partial charge is 0.154 e. The van der Waals surface area contributed by atoms with E-state index in [9.17, 15) is 4.39 Å². The molecule has 0 amide bonds. The Morgan fingerprint density at radius 2 is 1.84 bits per heavy atom. The third-order valence-corrected chi connectivity index (χ3v) is 3.53. The van der Waals surface area contributed by atoms with E-state index in [2.05, 4.69) is 27.3 Å². The van der Waals surface area contributed by atoms with E-state index in [1.165, 1.54) is 12.1 Å². The van der Waals surface area contributed by atoms with Gasteiger partial charge in [0.25, 0.3) is 0 Å². The summed E-state index contributed by atoms with van der Waals surface area (Å²) in [7, 11) is 0. The number of rotatable bonds is 2. The number of H-pyrrole nitrogens is 1. The van der Waals surface area contributed by atoms with E-state index >= 15 is 0 Å². The zero-order chi connectivity index (χ0) is 13.2. The van der Waals surface area contributed by atoms with Crippen molar-refractivity contribution in [3.8, 4) is 11.3 Å². The summed E-state index contributed by atoms with van der Waals surface area (Å²) in [6.45, 7) is 5.96. The zero-order valence-electron chi connectivity index (χ0n) is 10.9. The van der Waals surface area contributed by atoms with Gasteiger partial charge in [-0.25, -0.2) is 4.39 Å². The molecule has 0 unspecified atom stereocenters. The van der Waals surface area contributed by atoms with Crippen LogP contribution in [0.4, 0.5) is 10.2 Å². The monoisotopic (exact) mass is 260 g/mol. The van der Waals surface area contributed by atoms with Crippen LogP contribution in [0.25, 0.3) is 11.3 Å². The molecule has 0 radical (unpaired) electrons. The van der Waals surface area contributed by atoms with E-state index in [-0.39, 0.29) is 5.82 Å². The lowest BCUT2D eigenvalue weighted by Crippen LogP contribution is -2.43. The summed E-state index contributed by atoms with van der Waals surface area (Å²) in [6, 6.07) is 6.50. The third-order valence-electron chi connectivity index (χ3n) is 3.53. The summed E-state index contributed by atoms with van der Waals surface area (Å²) in [5, 5.41) is 10.8. The average Bonchev–Trinajstić information content (AvgIpc) is 2.83. The fourth-order valence-corrected chi connectivity index (χ4v) is 2.47. The molecule has 2 heterocycles. The highest BCUT2D eigenvalue weighted by Crippen LogP contribution is 2.28. The molecular weight excluding hydrogens is 243 g/mol. The fraction of sp³-hybridized carbons (Fsp3) is 0.357. The summed E-state index contributed by atoms with van der Waals surface area (Å²) in [4.78, 5) is 2.27. The number of anilines is 1. The quantitative estimate of drug-likeness (QED) is 0.867. The predicted molar refractivity (Wildman–Crippen MR) is 73.8 cm³/mol. The number of aromatic nitrogens is 2. The van der Waals surface area contributed by atoms with Crippen LogP contribution in [0.5, 0.6) is 0 Å². The van der Waals surface area contributed by atoms with Crippen LogP contribution in [-0.2, 0) is 0 Å². The number of aromatic amines is 1. The van der Waals surface area contributed by atoms with E-state index in [0.29, 0.717) is 0 Å². The van der Waals surface area contributed by atoms with Gasteiger partial charge in [0.1, 0.15) is 5.82 Å². The molecule has 19 heavy (non-hydrogen) atoms. The molecule has 0 saturated carbocycles. The van der Waals surface area contributed by atoms with Crippen LogP contribution in [0.2, 0.25) is 0 Å². The molecule has 100 valence electrons. The topological polar surface area (TPSA) is 44.0 Å². The molecule has 2 aromatic rings. The molecular formula is C14H17FN4. The Balaban J connectivity index is 1.91. The molecule has 5 heteroatoms. The van der Waals surface area contributed by atoms with Gasteiger partial charge in [-0.3, -0.25) is 5.10 Å². The first-order valence-corrected chi connectivity index (χ1v) is 6.52. The van der Waals surface area contributed by atoms with Crippen LogP contribution in [0.3, 0.4) is 0 Å². The summed E-state index contributed by atoms with van der Waals surface area (Å²) in [5.41, 5.74) is 3.05. The Hall–Kier alpha value is -1.88. The molecule has 1 saturated heterocycles. The van der Waals surface area contributed by atoms with Gasteiger partial charge in [0.15, 0.2) is 5.82 Å². The summed E-state index contributed by atoms with van der Waals surface area (Å²) in [6.07, 6.45) is 0. The molecule has 0 bridgehead atoms. The van der Waals surface area contributed by atoms with Crippen molar-refractivity contribution in [2.45, 2.75) is 6.92 Å². The van der Waals surface area contributed by atoms with Crippen LogP contribution in [-0.4, -0.2) is 36.4 Å². The zero-order valence-corrected chi connectivity index (χ0v) is 10.9. The first kappa shape index (κ1) is 12.2. The third kappa shape index (κ3) is 2.33. The van der Waals surface area contributed by atoms with Crippen molar-refractivity contribution < 1.29 is 4.39 Å². The minimum Gasteiger partial charge on any atom is -0.352 e. The van der Waals surface area contributed by atoms with Crippen LogP contribution in [0, 0.1) is 12.7 Å². The van der Waals surface area contributed by atoms with Gasteiger partial charge >= 0.3 is 0 Å². The summed E-state index contributed by atoms with van der Waals surface area (Å²) in [5.74, 6) is 0.782. The minimum atomic E-state index is -0.219. The number of hydrogen-bond acceptors (Lipinski definition) is 3. The molecule has 1 fully saturated rings. The Morgan fingerprint density at radius 3 is 2.53 bits per heavy atom. The lowest BCUT2D eigenvalue weighted by Gasteiger charge is -2.27. The van der Waals surface area contributed by atoms with Crippen molar-refractivity contribution in [1.29, 1.82) is 0 Å². The number of nitrogens with zero attached hydrogens (tertiary/aromatic N) is 2. The second kappa shape index (κ2) is 5.01. The second-order valence-electron chi connectivity index (χ2n) is 4.79. The van der Waals surface area contributed by atoms with Crippen molar-refractivity contribution >= 4 is 5.82 Å². The highest BCUT2D eigenvalue weighted by atomic mass is 19.1. The predicted octanol–water partition coefficient (Wildman–Crippen LogP) is 1.93. The Morgan fingerprint density at radius 1 is 1.16 bits per heavy atom. The van der Waals surface area contributed by atoms with Gasteiger partial charge in [0.2, 0.25) is 0 Å². The average molecular weight is 260 g/mol. The molecule has 0 aliphatic carbocycles. The molecule has 1 aromatic carbocycles. The summed E-state index contributed by atoms with van der Waals surface area (Å²) >= 11 is 0. The van der Waals surface area contributed by atoms with Gasteiger partial charge in [-0.05, 0) is 31.2 Å². The fourth-order valence-electron chi connectivity index (χ4n) is 2.47. The molecule has 3 rings (SSSR count). The van der Waals surface area contributed by atoms with Gasteiger partial charge < -0.3 is 10.2 Å². The van der Waals surface area contributed by atoms with E-state index in [1.807, 2.05) is 0 Å². The lowest BCUT2D eigenvalue weighted by atomic mass is 10.1. The largest absolute Gasteiger partial charge is 0.352 e. The SMILES string of the molecule is Cc1c(N2CCNCC2)n[nH]c1-c1ccc(F)cc1. The van der Waals surface area contributed by atoms with Gasteiger partial charge in [-0.2, -0.15) is 5.10 Å². The molecule has 0 atom stereocenters. The molecule has 2 N–H and O–H groups in total.